The van der Waals surface area contributed by atoms with Crippen LogP contribution in [0.25, 0.3) is 0 Å². The molecule has 8 heteroatoms. The molecule has 0 aliphatic rings. The highest BCUT2D eigenvalue weighted by molar-refractivity contribution is 7.79. The molecule has 0 atom stereocenters. The summed E-state index contributed by atoms with van der Waals surface area (Å²) in [7, 11) is 0. The lowest BCUT2D eigenvalue weighted by atomic mass is 10.1. The third-order valence-corrected chi connectivity index (χ3v) is 2.49. The van der Waals surface area contributed by atoms with Crippen LogP contribution in [0.1, 0.15) is 27.7 Å². The standard InChI is InChI=1S/C8H18N6S2/c1-7(2,5(9)10)13-14-8(3,4)6(11-15)12-16/h16H,11H2,1-4H3,(H3,9,10). The molecular weight excluding hydrogens is 244 g/mol. The highest BCUT2D eigenvalue weighted by Crippen LogP contribution is 2.15. The van der Waals surface area contributed by atoms with Crippen LogP contribution in [-0.2, 0) is 12.8 Å². The summed E-state index contributed by atoms with van der Waals surface area (Å²) in [5.41, 5.74) is 3.91. The quantitative estimate of drug-likeness (QED) is 0.191. The van der Waals surface area contributed by atoms with Crippen LogP contribution in [-0.4, -0.2) is 22.7 Å². The van der Waals surface area contributed by atoms with Crippen molar-refractivity contribution in [3.8, 4) is 0 Å². The summed E-state index contributed by atoms with van der Waals surface area (Å²) < 4.78 is 5.15. The lowest BCUT2D eigenvalue weighted by molar-refractivity contribution is -0.344. The zero-order chi connectivity index (χ0) is 13.0. The van der Waals surface area contributed by atoms with Gasteiger partial charge in [-0.2, -0.15) is 14.6 Å². The van der Waals surface area contributed by atoms with E-state index in [0.717, 1.165) is 0 Å². The Bertz CT molecular complexity index is 320. The van der Waals surface area contributed by atoms with Gasteiger partial charge < -0.3 is 23.3 Å². The summed E-state index contributed by atoms with van der Waals surface area (Å²) in [4.78, 5) is 0. The number of amidine groups is 2. The molecule has 0 aliphatic heterocycles. The van der Waals surface area contributed by atoms with E-state index < -0.39 is 11.1 Å². The van der Waals surface area contributed by atoms with E-state index >= 15 is 0 Å². The van der Waals surface area contributed by atoms with Gasteiger partial charge in [-0.05, 0) is 40.5 Å². The molecule has 0 saturated heterocycles. The maximum Gasteiger partial charge on any atom is 0.217 e. The van der Waals surface area contributed by atoms with Gasteiger partial charge in [0.05, 0.1) is 0 Å². The number of hydrogen-bond donors (Lipinski definition) is 4. The molecule has 0 aliphatic carbocycles. The van der Waals surface area contributed by atoms with Crippen molar-refractivity contribution in [3.63, 3.8) is 0 Å². The fourth-order valence-corrected chi connectivity index (χ4v) is 1.37. The first-order valence-electron chi connectivity index (χ1n) is 4.63. The number of nitrogens with one attached hydrogen (secondary N) is 1. The predicted octanol–water partition coefficient (Wildman–Crippen LogP) is 0.200. The number of quaternary nitrogens is 1. The molecule has 0 aromatic heterocycles. The first-order valence-corrected chi connectivity index (χ1v) is 5.51. The summed E-state index contributed by atoms with van der Waals surface area (Å²) in [5.74, 6) is 0.493. The molecule has 0 spiro atoms. The Kier molecular flexibility index (Phi) is 5.43. The monoisotopic (exact) mass is 262 g/mol. The highest BCUT2D eigenvalue weighted by Gasteiger charge is 2.29. The average Bonchev–Trinajstić information content (AvgIpc) is 2.16. The molecule has 6 nitrogen and oxygen atoms in total. The first-order chi connectivity index (χ1) is 7.17. The smallest absolute Gasteiger partial charge is 0.217 e. The molecule has 0 amide bonds. The molecule has 16 heavy (non-hydrogen) atoms. The van der Waals surface area contributed by atoms with Crippen molar-refractivity contribution in [3.05, 3.63) is 0 Å². The molecule has 0 fully saturated rings. The summed E-state index contributed by atoms with van der Waals surface area (Å²) >= 11 is 8.62. The van der Waals surface area contributed by atoms with Gasteiger partial charge in [-0.1, -0.05) is 0 Å². The van der Waals surface area contributed by atoms with Crippen molar-refractivity contribution in [1.82, 2.24) is 0 Å². The second-order valence-corrected chi connectivity index (χ2v) is 4.77. The third-order valence-electron chi connectivity index (χ3n) is 2.06. The van der Waals surface area contributed by atoms with E-state index in [-0.39, 0.29) is 5.84 Å². The Hall–Kier alpha value is -0.600. The van der Waals surface area contributed by atoms with Gasteiger partial charge in [0.25, 0.3) is 0 Å². The Morgan fingerprint density at radius 3 is 2.00 bits per heavy atom. The largest absolute Gasteiger partial charge is 0.490 e. The van der Waals surface area contributed by atoms with Crippen LogP contribution in [0, 0.1) is 5.41 Å². The van der Waals surface area contributed by atoms with Crippen molar-refractivity contribution in [2.75, 3.05) is 0 Å². The van der Waals surface area contributed by atoms with Crippen LogP contribution < -0.4 is 10.5 Å². The predicted molar refractivity (Wildman–Crippen MR) is 70.6 cm³/mol. The number of nitrogens with zero attached hydrogens (tertiary/aromatic N) is 3. The van der Waals surface area contributed by atoms with Gasteiger partial charge in [-0.25, -0.2) is 0 Å². The molecule has 0 bridgehead atoms. The van der Waals surface area contributed by atoms with Gasteiger partial charge in [0.1, 0.15) is 11.4 Å². The van der Waals surface area contributed by atoms with Crippen LogP contribution in [0.4, 0.5) is 0 Å². The summed E-state index contributed by atoms with van der Waals surface area (Å²) in [6.45, 7) is 7.04. The summed E-state index contributed by atoms with van der Waals surface area (Å²) in [5, 5.41) is 15.5. The number of rotatable bonds is 4. The molecule has 0 unspecified atom stereocenters. The fourth-order valence-electron chi connectivity index (χ4n) is 0.645. The normalized spacial score (nSPS) is 14.5. The number of thiol groups is 1. The van der Waals surface area contributed by atoms with E-state index in [0.29, 0.717) is 5.84 Å². The van der Waals surface area contributed by atoms with Gasteiger partial charge in [-0.15, -0.1) is 0 Å². The van der Waals surface area contributed by atoms with Gasteiger partial charge in [-0.3, -0.25) is 5.41 Å². The van der Waals surface area contributed by atoms with E-state index in [1.807, 2.05) is 13.8 Å². The van der Waals surface area contributed by atoms with Crippen molar-refractivity contribution in [2.24, 2.45) is 20.4 Å². The van der Waals surface area contributed by atoms with E-state index in [1.54, 1.807) is 13.8 Å². The molecule has 0 saturated carbocycles. The van der Waals surface area contributed by atoms with Crippen LogP contribution in [0.2, 0.25) is 0 Å². The van der Waals surface area contributed by atoms with Gasteiger partial charge in [0, 0.05) is 0 Å². The molecular formula is C8H18N6S2. The number of azo groups is 1. The van der Waals surface area contributed by atoms with Crippen LogP contribution in [0.5, 0.6) is 0 Å². The Balaban J connectivity index is 4.97. The molecule has 0 aromatic rings. The molecule has 92 valence electrons. The van der Waals surface area contributed by atoms with E-state index in [4.69, 9.17) is 24.0 Å². The maximum absolute atomic E-state index is 7.35. The minimum Gasteiger partial charge on any atom is -0.490 e. The maximum atomic E-state index is 7.35. The Morgan fingerprint density at radius 1 is 1.25 bits per heavy atom. The van der Waals surface area contributed by atoms with Gasteiger partial charge >= 0.3 is 0 Å². The molecule has 0 radical (unpaired) electrons. The SMILES string of the molecule is CC(C)(N=NC(C)(C)C(=NS)[NH2+][S-])C(=N)N. The van der Waals surface area contributed by atoms with Crippen molar-refractivity contribution in [1.29, 1.82) is 5.41 Å². The average molecular weight is 262 g/mol. The Morgan fingerprint density at radius 2 is 1.69 bits per heavy atom. The van der Waals surface area contributed by atoms with E-state index in [2.05, 4.69) is 27.4 Å². The topological polar surface area (TPSA) is 104 Å². The van der Waals surface area contributed by atoms with Gasteiger partial charge in [0.2, 0.25) is 5.84 Å². The molecule has 0 heterocycles. The highest BCUT2D eigenvalue weighted by atomic mass is 32.1. The minimum absolute atomic E-state index is 0.0428. The summed E-state index contributed by atoms with van der Waals surface area (Å²) in [6, 6.07) is 0. The van der Waals surface area contributed by atoms with E-state index in [9.17, 15) is 0 Å². The number of hydrogen-bond acceptors (Lipinski definition) is 6. The van der Waals surface area contributed by atoms with Crippen molar-refractivity contribution >= 4 is 37.3 Å². The molecule has 0 rings (SSSR count). The van der Waals surface area contributed by atoms with Crippen LogP contribution in [0.3, 0.4) is 0 Å². The second kappa shape index (κ2) is 5.65. The third kappa shape index (κ3) is 4.11. The molecule has 5 N–H and O–H groups in total. The second-order valence-electron chi connectivity index (χ2n) is 4.33. The number of nitrogens with two attached hydrogens (primary N) is 2. The van der Waals surface area contributed by atoms with Crippen molar-refractivity contribution in [2.45, 2.75) is 38.8 Å². The lowest BCUT2D eigenvalue weighted by Gasteiger charge is -2.22. The Labute approximate surface area is 107 Å². The van der Waals surface area contributed by atoms with E-state index in [1.165, 1.54) is 4.72 Å². The van der Waals surface area contributed by atoms with Gasteiger partial charge in [0.15, 0.2) is 5.54 Å². The summed E-state index contributed by atoms with van der Waals surface area (Å²) in [6.07, 6.45) is 0. The zero-order valence-corrected chi connectivity index (χ0v) is 11.6. The molecule has 0 aromatic carbocycles. The fraction of sp³-hybridized carbons (Fsp3) is 0.750. The zero-order valence-electron chi connectivity index (χ0n) is 9.85. The van der Waals surface area contributed by atoms with Crippen molar-refractivity contribution < 1.29 is 4.72 Å². The van der Waals surface area contributed by atoms with Crippen LogP contribution >= 0.6 is 12.8 Å². The minimum atomic E-state index is -0.819. The first kappa shape index (κ1) is 15.4. The lowest BCUT2D eigenvalue weighted by Crippen LogP contribution is -2.86. The van der Waals surface area contributed by atoms with Crippen LogP contribution in [0.15, 0.2) is 14.6 Å².